The van der Waals surface area contributed by atoms with E-state index in [4.69, 9.17) is 0 Å². The normalized spacial score (nSPS) is 10.4. The maximum atomic E-state index is 11.0. The second-order valence-electron chi connectivity index (χ2n) is 4.00. The van der Waals surface area contributed by atoms with E-state index in [1.807, 2.05) is 0 Å². The molecule has 2 nitrogen and oxygen atoms in total. The fourth-order valence-corrected chi connectivity index (χ4v) is 1.56. The van der Waals surface area contributed by atoms with Crippen LogP contribution in [0.1, 0.15) is 52.4 Å². The van der Waals surface area contributed by atoms with Gasteiger partial charge in [0.15, 0.2) is 0 Å². The summed E-state index contributed by atoms with van der Waals surface area (Å²) in [7, 11) is 0. The van der Waals surface area contributed by atoms with Crippen LogP contribution in [0.4, 0.5) is 0 Å². The van der Waals surface area contributed by atoms with E-state index in [2.05, 4.69) is 13.8 Å². The molecular formula is C11H22Na2O2. The Morgan fingerprint density at radius 1 is 0.800 bits per heavy atom. The Bertz CT molecular complexity index is 107. The van der Waals surface area contributed by atoms with Gasteiger partial charge < -0.3 is 10.2 Å². The molecule has 0 aromatic heterocycles. The molecule has 0 saturated carbocycles. The van der Waals surface area contributed by atoms with Crippen LogP contribution >= 0.6 is 0 Å². The molecule has 80 valence electrons. The monoisotopic (exact) mass is 232 g/mol. The molecule has 0 unspecified atom stereocenters. The maximum absolute atomic E-state index is 11.0. The minimum absolute atomic E-state index is 0. The van der Waals surface area contributed by atoms with Crippen LogP contribution in [0.5, 0.6) is 0 Å². The molecule has 0 bridgehead atoms. The van der Waals surface area contributed by atoms with Crippen molar-refractivity contribution in [1.29, 1.82) is 0 Å². The first-order chi connectivity index (χ1) is 6.24. The van der Waals surface area contributed by atoms with Gasteiger partial charge in [0.1, 0.15) is 0 Å². The first kappa shape index (κ1) is 22.1. The van der Waals surface area contributed by atoms with Gasteiger partial charge >= 0.3 is 59.1 Å². The van der Waals surface area contributed by atoms with E-state index in [-0.39, 0.29) is 72.3 Å². The first-order valence-electron chi connectivity index (χ1n) is 5.41. The van der Waals surface area contributed by atoms with Crippen molar-refractivity contribution in [3.8, 4) is 0 Å². The molecule has 0 aliphatic heterocycles. The van der Waals surface area contributed by atoms with Crippen molar-refractivity contribution in [3.05, 3.63) is 0 Å². The molecule has 0 aromatic rings. The summed E-state index contributed by atoms with van der Waals surface area (Å²) in [5.41, 5.74) is -0.425. The molecule has 0 N–H and O–H groups in total. The van der Waals surface area contributed by atoms with Crippen LogP contribution in [0.2, 0.25) is 0 Å². The third kappa shape index (κ3) is 9.61. The van der Waals surface area contributed by atoms with E-state index >= 15 is 0 Å². The molecule has 0 aromatic carbocycles. The molecule has 4 heteroatoms. The van der Waals surface area contributed by atoms with Gasteiger partial charge in [0.25, 0.3) is 0 Å². The Kier molecular flexibility index (Phi) is 20.6. The van der Waals surface area contributed by atoms with Crippen LogP contribution in [-0.2, 0) is 0 Å². The average molecular weight is 232 g/mol. The molecule has 0 rings (SSSR count). The van der Waals surface area contributed by atoms with Crippen molar-refractivity contribution in [1.82, 2.24) is 0 Å². The van der Waals surface area contributed by atoms with Crippen molar-refractivity contribution < 1.29 is 69.3 Å². The summed E-state index contributed by atoms with van der Waals surface area (Å²) in [6.45, 7) is 3.83. The second kappa shape index (κ2) is 14.0. The topological polar surface area (TPSA) is 46.1 Å². The summed E-state index contributed by atoms with van der Waals surface area (Å²) in [6, 6.07) is 0. The van der Waals surface area contributed by atoms with E-state index in [9.17, 15) is 10.2 Å². The molecule has 0 fully saturated rings. The molecule has 0 aliphatic carbocycles. The Balaban J connectivity index is -0.000000720. The molecule has 0 atom stereocenters. The van der Waals surface area contributed by atoms with Crippen LogP contribution in [0, 0.1) is 5.41 Å². The summed E-state index contributed by atoms with van der Waals surface area (Å²) in [5, 5.41) is 22.0. The van der Waals surface area contributed by atoms with Crippen molar-refractivity contribution in [2.75, 3.05) is 13.2 Å². The van der Waals surface area contributed by atoms with Gasteiger partial charge in [-0.15, -0.1) is 13.2 Å². The summed E-state index contributed by atoms with van der Waals surface area (Å²) < 4.78 is 0. The van der Waals surface area contributed by atoms with Crippen molar-refractivity contribution >= 4 is 0 Å². The Morgan fingerprint density at radius 2 is 1.13 bits per heavy atom. The molecule has 0 aliphatic rings. The third-order valence-electron chi connectivity index (χ3n) is 2.73. The predicted molar refractivity (Wildman–Crippen MR) is 51.2 cm³/mol. The minimum atomic E-state index is -0.425. The fraction of sp³-hybridized carbons (Fsp3) is 1.00. The number of hydrogen-bond acceptors (Lipinski definition) is 2. The molecule has 0 saturated heterocycles. The van der Waals surface area contributed by atoms with Gasteiger partial charge in [0.05, 0.1) is 0 Å². The van der Waals surface area contributed by atoms with Crippen LogP contribution < -0.4 is 69.3 Å². The number of rotatable bonds is 8. The van der Waals surface area contributed by atoms with Crippen molar-refractivity contribution in [2.24, 2.45) is 5.41 Å². The number of hydrogen-bond donors (Lipinski definition) is 0. The predicted octanol–water partition coefficient (Wildman–Crippen LogP) is -4.92. The Morgan fingerprint density at radius 3 is 1.33 bits per heavy atom. The van der Waals surface area contributed by atoms with Gasteiger partial charge in [-0.3, -0.25) is 0 Å². The van der Waals surface area contributed by atoms with Gasteiger partial charge in [-0.2, -0.15) is 0 Å². The first-order valence-corrected chi connectivity index (χ1v) is 5.41. The van der Waals surface area contributed by atoms with Gasteiger partial charge in [-0.05, 0) is 0 Å². The van der Waals surface area contributed by atoms with E-state index < -0.39 is 5.41 Å². The van der Waals surface area contributed by atoms with Gasteiger partial charge in [-0.25, -0.2) is 0 Å². The molecule has 0 radical (unpaired) electrons. The maximum Gasteiger partial charge on any atom is 1.00 e. The van der Waals surface area contributed by atoms with Gasteiger partial charge in [0, 0.05) is 0 Å². The standard InChI is InChI=1S/C11H22O2.2Na/c1-3-5-7-11(9-12,10-13)8-6-4-2;;/h3-10H2,1-2H3;;/q-2;2*+1. The minimum Gasteiger partial charge on any atom is -0.854 e. The van der Waals surface area contributed by atoms with E-state index in [0.717, 1.165) is 38.5 Å². The molecule has 0 heterocycles. The van der Waals surface area contributed by atoms with Crippen LogP contribution in [-0.4, -0.2) is 13.2 Å². The zero-order valence-corrected chi connectivity index (χ0v) is 15.0. The summed E-state index contributed by atoms with van der Waals surface area (Å²) in [6.07, 6.45) is 5.86. The average Bonchev–Trinajstić information content (AvgIpc) is 2.20. The summed E-state index contributed by atoms with van der Waals surface area (Å²) >= 11 is 0. The van der Waals surface area contributed by atoms with E-state index in [1.54, 1.807) is 0 Å². The molecular weight excluding hydrogens is 210 g/mol. The zero-order chi connectivity index (χ0) is 10.2. The van der Waals surface area contributed by atoms with E-state index in [0.29, 0.717) is 0 Å². The van der Waals surface area contributed by atoms with Gasteiger partial charge in [0.2, 0.25) is 0 Å². The quantitative estimate of drug-likeness (QED) is 0.394. The van der Waals surface area contributed by atoms with E-state index in [1.165, 1.54) is 0 Å². The Labute approximate surface area is 139 Å². The third-order valence-corrected chi connectivity index (χ3v) is 2.73. The molecule has 0 spiro atoms. The summed E-state index contributed by atoms with van der Waals surface area (Å²) in [5.74, 6) is 0. The van der Waals surface area contributed by atoms with Crippen LogP contribution in [0.3, 0.4) is 0 Å². The zero-order valence-electron chi connectivity index (χ0n) is 11.0. The Hall–Kier alpha value is 1.92. The second-order valence-corrected chi connectivity index (χ2v) is 4.00. The van der Waals surface area contributed by atoms with Crippen LogP contribution in [0.25, 0.3) is 0 Å². The smallest absolute Gasteiger partial charge is 0.854 e. The SMILES string of the molecule is CCCCC(C[O-])(C[O-])CCCC.[Na+].[Na+]. The van der Waals surface area contributed by atoms with Crippen LogP contribution in [0.15, 0.2) is 0 Å². The summed E-state index contributed by atoms with van der Waals surface area (Å²) in [4.78, 5) is 0. The van der Waals surface area contributed by atoms with Crippen molar-refractivity contribution in [3.63, 3.8) is 0 Å². The van der Waals surface area contributed by atoms with Gasteiger partial charge in [-0.1, -0.05) is 57.8 Å². The number of unbranched alkanes of at least 4 members (excludes halogenated alkanes) is 2. The fourth-order valence-electron chi connectivity index (χ4n) is 1.56. The largest absolute Gasteiger partial charge is 1.00 e. The molecule has 0 amide bonds. The molecule has 15 heavy (non-hydrogen) atoms. The van der Waals surface area contributed by atoms with Crippen molar-refractivity contribution in [2.45, 2.75) is 52.4 Å².